The fraction of sp³-hybridized carbons (Fsp3) is 0.467. The van der Waals surface area contributed by atoms with Crippen molar-refractivity contribution in [2.45, 2.75) is 32.7 Å². The molecule has 1 saturated carbocycles. The minimum absolute atomic E-state index is 0.0919. The number of thiocarbonyl (C=S) groups is 1. The number of nitrogens with zero attached hydrogens (tertiary/aromatic N) is 1. The molecule has 0 unspecified atom stereocenters. The molecule has 0 aliphatic heterocycles. The van der Waals surface area contributed by atoms with E-state index in [0.29, 0.717) is 22.5 Å². The van der Waals surface area contributed by atoms with Crippen LogP contribution in [0.3, 0.4) is 0 Å². The van der Waals surface area contributed by atoms with E-state index < -0.39 is 0 Å². The number of hydrogen-bond acceptors (Lipinski definition) is 2. The van der Waals surface area contributed by atoms with Gasteiger partial charge in [0.05, 0.1) is 0 Å². The summed E-state index contributed by atoms with van der Waals surface area (Å²) < 4.78 is 0. The molecule has 0 bridgehead atoms. The topological polar surface area (TPSA) is 46.3 Å². The molecule has 1 fully saturated rings. The second-order valence-electron chi connectivity index (χ2n) is 5.53. The zero-order chi connectivity index (χ0) is 14.0. The van der Waals surface area contributed by atoms with Crippen molar-refractivity contribution in [1.29, 1.82) is 0 Å². The number of rotatable bonds is 5. The van der Waals surface area contributed by atoms with Crippen LogP contribution in [0.25, 0.3) is 0 Å². The normalized spacial score (nSPS) is 14.5. The Bertz CT molecular complexity index is 495. The standard InChI is InChI=1S/C15H20N2OS/c1-10(2)9-17(13-6-7-13)15(18)12-5-3-4-11(8-12)14(16)19/h3-5,8,10,13H,6-7,9H2,1-2H3,(H2,16,19). The minimum Gasteiger partial charge on any atom is -0.389 e. The van der Waals surface area contributed by atoms with Crippen LogP contribution in [0.1, 0.15) is 42.6 Å². The van der Waals surface area contributed by atoms with E-state index in [1.165, 1.54) is 0 Å². The van der Waals surface area contributed by atoms with Gasteiger partial charge in [-0.3, -0.25) is 4.79 Å². The van der Waals surface area contributed by atoms with Crippen molar-refractivity contribution >= 4 is 23.1 Å². The van der Waals surface area contributed by atoms with Crippen LogP contribution in [0.4, 0.5) is 0 Å². The number of amides is 1. The zero-order valence-electron chi connectivity index (χ0n) is 11.4. The fourth-order valence-electron chi connectivity index (χ4n) is 2.15. The van der Waals surface area contributed by atoms with E-state index >= 15 is 0 Å². The van der Waals surface area contributed by atoms with Crippen LogP contribution < -0.4 is 5.73 Å². The number of benzene rings is 1. The molecule has 19 heavy (non-hydrogen) atoms. The van der Waals surface area contributed by atoms with Crippen LogP contribution >= 0.6 is 12.2 Å². The second-order valence-corrected chi connectivity index (χ2v) is 5.97. The molecule has 0 spiro atoms. The lowest BCUT2D eigenvalue weighted by Gasteiger charge is -2.24. The Hall–Kier alpha value is -1.42. The van der Waals surface area contributed by atoms with Crippen molar-refractivity contribution in [2.24, 2.45) is 11.7 Å². The minimum atomic E-state index is 0.0919. The van der Waals surface area contributed by atoms with Crippen LogP contribution in [0.15, 0.2) is 24.3 Å². The number of nitrogens with two attached hydrogens (primary N) is 1. The molecule has 1 aromatic carbocycles. The summed E-state index contributed by atoms with van der Waals surface area (Å²) in [6.45, 7) is 5.07. The number of hydrogen-bond donors (Lipinski definition) is 1. The Balaban J connectivity index is 2.21. The summed E-state index contributed by atoms with van der Waals surface area (Å²) in [5.41, 5.74) is 7.05. The van der Waals surface area contributed by atoms with Gasteiger partial charge in [-0.05, 0) is 30.9 Å². The third-order valence-electron chi connectivity index (χ3n) is 3.20. The number of carbonyl (C=O) groups is 1. The van der Waals surface area contributed by atoms with E-state index in [1.54, 1.807) is 6.07 Å². The third-order valence-corrected chi connectivity index (χ3v) is 3.44. The van der Waals surface area contributed by atoms with Gasteiger partial charge in [-0.15, -0.1) is 0 Å². The Labute approximate surface area is 119 Å². The van der Waals surface area contributed by atoms with Crippen molar-refractivity contribution in [3.8, 4) is 0 Å². The summed E-state index contributed by atoms with van der Waals surface area (Å²) in [4.78, 5) is 14.9. The molecule has 1 aliphatic rings. The molecule has 1 aromatic rings. The van der Waals surface area contributed by atoms with Crippen LogP contribution in [-0.2, 0) is 0 Å². The maximum Gasteiger partial charge on any atom is 0.254 e. The zero-order valence-corrected chi connectivity index (χ0v) is 12.2. The van der Waals surface area contributed by atoms with Gasteiger partial charge in [0.2, 0.25) is 0 Å². The summed E-state index contributed by atoms with van der Waals surface area (Å²) in [5, 5.41) is 0. The van der Waals surface area contributed by atoms with E-state index in [2.05, 4.69) is 13.8 Å². The van der Waals surface area contributed by atoms with Gasteiger partial charge in [0.15, 0.2) is 0 Å². The van der Waals surface area contributed by atoms with Gasteiger partial charge in [0.1, 0.15) is 4.99 Å². The van der Waals surface area contributed by atoms with Gasteiger partial charge < -0.3 is 10.6 Å². The highest BCUT2D eigenvalue weighted by Gasteiger charge is 2.33. The first-order valence-corrected chi connectivity index (χ1v) is 7.10. The van der Waals surface area contributed by atoms with E-state index in [9.17, 15) is 4.79 Å². The molecule has 4 heteroatoms. The predicted octanol–water partition coefficient (Wildman–Crippen LogP) is 2.58. The monoisotopic (exact) mass is 276 g/mol. The summed E-state index contributed by atoms with van der Waals surface area (Å²) in [6.07, 6.45) is 2.24. The van der Waals surface area contributed by atoms with Crippen molar-refractivity contribution in [3.63, 3.8) is 0 Å². The first-order chi connectivity index (χ1) is 8.99. The van der Waals surface area contributed by atoms with E-state index in [1.807, 2.05) is 23.1 Å². The van der Waals surface area contributed by atoms with Crippen LogP contribution in [0.5, 0.6) is 0 Å². The summed E-state index contributed by atoms with van der Waals surface area (Å²) in [7, 11) is 0. The van der Waals surface area contributed by atoms with Gasteiger partial charge in [0.25, 0.3) is 5.91 Å². The summed E-state index contributed by atoms with van der Waals surface area (Å²) in [6, 6.07) is 7.72. The Morgan fingerprint density at radius 3 is 2.58 bits per heavy atom. The maximum absolute atomic E-state index is 12.6. The highest BCUT2D eigenvalue weighted by atomic mass is 32.1. The van der Waals surface area contributed by atoms with Gasteiger partial charge in [-0.1, -0.05) is 38.2 Å². The maximum atomic E-state index is 12.6. The lowest BCUT2D eigenvalue weighted by atomic mass is 10.1. The Morgan fingerprint density at radius 2 is 2.05 bits per heavy atom. The second kappa shape index (κ2) is 5.70. The average Bonchev–Trinajstić information content (AvgIpc) is 3.19. The van der Waals surface area contributed by atoms with E-state index in [4.69, 9.17) is 18.0 Å². The molecule has 0 heterocycles. The van der Waals surface area contributed by atoms with Crippen molar-refractivity contribution in [3.05, 3.63) is 35.4 Å². The van der Waals surface area contributed by atoms with Gasteiger partial charge in [-0.2, -0.15) is 0 Å². The molecule has 1 aliphatic carbocycles. The summed E-state index contributed by atoms with van der Waals surface area (Å²) >= 11 is 4.96. The molecular formula is C15H20N2OS. The lowest BCUT2D eigenvalue weighted by molar-refractivity contribution is 0.0722. The predicted molar refractivity (Wildman–Crippen MR) is 81.2 cm³/mol. The fourth-order valence-corrected chi connectivity index (χ4v) is 2.28. The third kappa shape index (κ3) is 3.53. The molecular weight excluding hydrogens is 256 g/mol. The molecule has 3 nitrogen and oxygen atoms in total. The van der Waals surface area contributed by atoms with Crippen LogP contribution in [0.2, 0.25) is 0 Å². The van der Waals surface area contributed by atoms with Crippen molar-refractivity contribution in [2.75, 3.05) is 6.54 Å². The quantitative estimate of drug-likeness (QED) is 0.841. The van der Waals surface area contributed by atoms with Crippen LogP contribution in [0, 0.1) is 5.92 Å². The molecule has 0 radical (unpaired) electrons. The molecule has 1 amide bonds. The van der Waals surface area contributed by atoms with Gasteiger partial charge in [-0.25, -0.2) is 0 Å². The van der Waals surface area contributed by atoms with Crippen molar-refractivity contribution < 1.29 is 4.79 Å². The highest BCUT2D eigenvalue weighted by Crippen LogP contribution is 2.29. The van der Waals surface area contributed by atoms with Gasteiger partial charge >= 0.3 is 0 Å². The summed E-state index contributed by atoms with van der Waals surface area (Å²) in [5.74, 6) is 0.567. The Kier molecular flexibility index (Phi) is 4.20. The van der Waals surface area contributed by atoms with E-state index in [0.717, 1.165) is 24.9 Å². The highest BCUT2D eigenvalue weighted by molar-refractivity contribution is 7.80. The molecule has 102 valence electrons. The van der Waals surface area contributed by atoms with Gasteiger partial charge in [0, 0.05) is 23.7 Å². The SMILES string of the molecule is CC(C)CN(C(=O)c1cccc(C(N)=S)c1)C1CC1. The largest absolute Gasteiger partial charge is 0.389 e. The smallest absolute Gasteiger partial charge is 0.254 e. The molecule has 2 N–H and O–H groups in total. The number of carbonyl (C=O) groups excluding carboxylic acids is 1. The van der Waals surface area contributed by atoms with Crippen molar-refractivity contribution in [1.82, 2.24) is 4.90 Å². The molecule has 0 saturated heterocycles. The lowest BCUT2D eigenvalue weighted by Crippen LogP contribution is -2.36. The molecule has 0 aromatic heterocycles. The van der Waals surface area contributed by atoms with E-state index in [-0.39, 0.29) is 5.91 Å². The average molecular weight is 276 g/mol. The van der Waals surface area contributed by atoms with Crippen LogP contribution in [-0.4, -0.2) is 28.4 Å². The molecule has 0 atom stereocenters. The molecule has 2 rings (SSSR count). The first kappa shape index (κ1) is 14.0. The Morgan fingerprint density at radius 1 is 1.42 bits per heavy atom. The first-order valence-electron chi connectivity index (χ1n) is 6.70.